The molecule has 3 aromatic rings. The first kappa shape index (κ1) is 20.7. The van der Waals surface area contributed by atoms with Crippen LogP contribution in [0.4, 0.5) is 0 Å². The van der Waals surface area contributed by atoms with Crippen molar-refractivity contribution in [3.05, 3.63) is 56.6 Å². The normalized spacial score (nSPS) is 14.1. The molecular weight excluding hydrogens is 400 g/mol. The van der Waals surface area contributed by atoms with Crippen molar-refractivity contribution in [3.63, 3.8) is 0 Å². The molecule has 0 unspecified atom stereocenters. The molecule has 2 heterocycles. The lowest BCUT2D eigenvalue weighted by atomic mass is 10.2. The van der Waals surface area contributed by atoms with E-state index in [2.05, 4.69) is 20.6 Å². The van der Waals surface area contributed by atoms with Crippen molar-refractivity contribution in [3.8, 4) is 17.2 Å². The third-order valence-electron chi connectivity index (χ3n) is 5.42. The number of hydrogen-bond donors (Lipinski definition) is 1. The van der Waals surface area contributed by atoms with Gasteiger partial charge in [0.25, 0.3) is 5.56 Å². The second-order valence-corrected chi connectivity index (χ2v) is 7.80. The van der Waals surface area contributed by atoms with Crippen LogP contribution in [-0.4, -0.2) is 36.4 Å². The van der Waals surface area contributed by atoms with E-state index in [1.165, 1.54) is 7.05 Å². The molecule has 10 nitrogen and oxygen atoms in total. The van der Waals surface area contributed by atoms with E-state index in [9.17, 15) is 14.4 Å². The summed E-state index contributed by atoms with van der Waals surface area (Å²) in [5, 5.41) is 11.0. The summed E-state index contributed by atoms with van der Waals surface area (Å²) in [5.41, 5.74) is 0.235. The number of hydrogen-bond acceptors (Lipinski definition) is 7. The van der Waals surface area contributed by atoms with E-state index < -0.39 is 11.2 Å². The number of carbonyl (C=O) groups excluding carboxylic acids is 1. The van der Waals surface area contributed by atoms with Crippen molar-refractivity contribution in [1.82, 2.24) is 29.8 Å². The highest BCUT2D eigenvalue weighted by molar-refractivity contribution is 5.76. The summed E-state index contributed by atoms with van der Waals surface area (Å²) < 4.78 is 7.29. The topological polar surface area (TPSA) is 125 Å². The smallest absolute Gasteiger partial charge is 0.351 e. The number of aryl methyl sites for hydroxylation is 2. The highest BCUT2D eigenvalue weighted by Gasteiger charge is 2.20. The van der Waals surface area contributed by atoms with Crippen LogP contribution in [0.1, 0.15) is 43.6 Å². The van der Waals surface area contributed by atoms with Crippen LogP contribution < -0.4 is 16.6 Å². The molecule has 1 aliphatic rings. The zero-order valence-corrected chi connectivity index (χ0v) is 17.5. The summed E-state index contributed by atoms with van der Waals surface area (Å²) >= 11 is 0. The van der Waals surface area contributed by atoms with E-state index in [0.717, 1.165) is 40.5 Å². The molecule has 0 spiro atoms. The molecule has 1 saturated carbocycles. The van der Waals surface area contributed by atoms with Crippen LogP contribution >= 0.6 is 0 Å². The standard InChI is InChI=1S/C21H24N6O4/c1-13-7-9-15(10-8-13)27-21(30)26(2)20(29)18(24-27)19-23-17(31-25-19)12-11-16(28)22-14-5-3-4-6-14/h7-10,14H,3-6,11-12H2,1-2H3,(H,22,28). The molecular formula is C21H24N6O4. The Bertz CT molecular complexity index is 1200. The molecule has 2 aromatic heterocycles. The molecule has 0 atom stereocenters. The number of nitrogens with zero attached hydrogens (tertiary/aromatic N) is 5. The van der Waals surface area contributed by atoms with E-state index in [4.69, 9.17) is 4.52 Å². The maximum absolute atomic E-state index is 12.6. The number of carbonyl (C=O) groups is 1. The van der Waals surface area contributed by atoms with Gasteiger partial charge in [-0.15, -0.1) is 0 Å². The molecule has 0 saturated heterocycles. The van der Waals surface area contributed by atoms with Gasteiger partial charge >= 0.3 is 5.69 Å². The number of aromatic nitrogens is 5. The summed E-state index contributed by atoms with van der Waals surface area (Å²) in [5.74, 6) is 0.148. The van der Waals surface area contributed by atoms with E-state index in [1.807, 2.05) is 19.1 Å². The predicted octanol–water partition coefficient (Wildman–Crippen LogP) is 1.28. The summed E-state index contributed by atoms with van der Waals surface area (Å²) in [6, 6.07) is 7.42. The minimum atomic E-state index is -0.625. The fraction of sp³-hybridized carbons (Fsp3) is 0.429. The highest BCUT2D eigenvalue weighted by Crippen LogP contribution is 2.18. The van der Waals surface area contributed by atoms with Crippen LogP contribution in [0.2, 0.25) is 0 Å². The second-order valence-electron chi connectivity index (χ2n) is 7.80. The Morgan fingerprint density at radius 3 is 2.61 bits per heavy atom. The van der Waals surface area contributed by atoms with Crippen LogP contribution in [0.15, 0.2) is 38.4 Å². The fourth-order valence-electron chi connectivity index (χ4n) is 3.61. The Balaban J connectivity index is 1.55. The lowest BCUT2D eigenvalue weighted by molar-refractivity contribution is -0.121. The molecule has 162 valence electrons. The average Bonchev–Trinajstić information content (AvgIpc) is 3.44. The Kier molecular flexibility index (Phi) is 5.79. The fourth-order valence-corrected chi connectivity index (χ4v) is 3.61. The zero-order chi connectivity index (χ0) is 22.0. The molecule has 1 N–H and O–H groups in total. The van der Waals surface area contributed by atoms with Gasteiger partial charge in [-0.05, 0) is 31.9 Å². The van der Waals surface area contributed by atoms with Gasteiger partial charge in [0.05, 0.1) is 5.69 Å². The van der Waals surface area contributed by atoms with Crippen LogP contribution in [0.5, 0.6) is 0 Å². The molecule has 31 heavy (non-hydrogen) atoms. The first-order valence-electron chi connectivity index (χ1n) is 10.3. The summed E-state index contributed by atoms with van der Waals surface area (Å²) in [6.45, 7) is 1.93. The molecule has 1 aliphatic carbocycles. The van der Waals surface area contributed by atoms with Gasteiger partial charge in [-0.3, -0.25) is 14.2 Å². The summed E-state index contributed by atoms with van der Waals surface area (Å²) in [7, 11) is 1.37. The molecule has 1 amide bonds. The SMILES string of the molecule is Cc1ccc(-n2nc(-c3noc(CCC(=O)NC4CCCC4)n3)c(=O)n(C)c2=O)cc1. The molecule has 0 radical (unpaired) electrons. The minimum absolute atomic E-state index is 0.0207. The largest absolute Gasteiger partial charge is 0.353 e. The maximum Gasteiger partial charge on any atom is 0.351 e. The summed E-state index contributed by atoms with van der Waals surface area (Å²) in [6.07, 6.45) is 4.79. The van der Waals surface area contributed by atoms with Crippen LogP contribution in [-0.2, 0) is 18.3 Å². The van der Waals surface area contributed by atoms with Gasteiger partial charge < -0.3 is 9.84 Å². The monoisotopic (exact) mass is 424 g/mol. The molecule has 10 heteroatoms. The number of rotatable bonds is 6. The predicted molar refractivity (Wildman–Crippen MR) is 112 cm³/mol. The Morgan fingerprint density at radius 2 is 1.90 bits per heavy atom. The molecule has 0 aliphatic heterocycles. The first-order chi connectivity index (χ1) is 14.9. The minimum Gasteiger partial charge on any atom is -0.353 e. The van der Waals surface area contributed by atoms with Gasteiger partial charge in [0.2, 0.25) is 17.6 Å². The van der Waals surface area contributed by atoms with Crippen molar-refractivity contribution in [1.29, 1.82) is 0 Å². The van der Waals surface area contributed by atoms with Crippen LogP contribution in [0.25, 0.3) is 17.2 Å². The van der Waals surface area contributed by atoms with Crippen molar-refractivity contribution >= 4 is 5.91 Å². The van der Waals surface area contributed by atoms with Gasteiger partial charge in [0.15, 0.2) is 5.69 Å². The van der Waals surface area contributed by atoms with Gasteiger partial charge in [-0.2, -0.15) is 14.8 Å². The van der Waals surface area contributed by atoms with E-state index >= 15 is 0 Å². The van der Waals surface area contributed by atoms with Crippen LogP contribution in [0, 0.1) is 6.92 Å². The quantitative estimate of drug-likeness (QED) is 0.632. The van der Waals surface area contributed by atoms with Crippen molar-refractivity contribution in [2.45, 2.75) is 51.5 Å². The van der Waals surface area contributed by atoms with E-state index in [-0.39, 0.29) is 42.2 Å². The lowest BCUT2D eigenvalue weighted by Crippen LogP contribution is -2.40. The molecule has 1 fully saturated rings. The number of nitrogens with one attached hydrogen (secondary N) is 1. The highest BCUT2D eigenvalue weighted by atomic mass is 16.5. The van der Waals surface area contributed by atoms with E-state index in [0.29, 0.717) is 5.69 Å². The van der Waals surface area contributed by atoms with E-state index in [1.54, 1.807) is 12.1 Å². The summed E-state index contributed by atoms with van der Waals surface area (Å²) in [4.78, 5) is 41.5. The second kappa shape index (κ2) is 8.66. The Labute approximate surface area is 177 Å². The van der Waals surface area contributed by atoms with Gasteiger partial charge in [0.1, 0.15) is 0 Å². The Hall–Kier alpha value is -3.56. The van der Waals surface area contributed by atoms with Gasteiger partial charge in [-0.25, -0.2) is 4.79 Å². The van der Waals surface area contributed by atoms with Crippen molar-refractivity contribution < 1.29 is 9.32 Å². The lowest BCUT2D eigenvalue weighted by Gasteiger charge is -2.10. The van der Waals surface area contributed by atoms with Crippen molar-refractivity contribution in [2.24, 2.45) is 7.05 Å². The van der Waals surface area contributed by atoms with Crippen molar-refractivity contribution in [2.75, 3.05) is 0 Å². The molecule has 4 rings (SSSR count). The van der Waals surface area contributed by atoms with Crippen LogP contribution in [0.3, 0.4) is 0 Å². The third-order valence-corrected chi connectivity index (χ3v) is 5.42. The van der Waals surface area contributed by atoms with Gasteiger partial charge in [-0.1, -0.05) is 35.7 Å². The molecule has 0 bridgehead atoms. The number of amides is 1. The average molecular weight is 424 g/mol. The Morgan fingerprint density at radius 1 is 1.19 bits per heavy atom. The third kappa shape index (κ3) is 4.47. The van der Waals surface area contributed by atoms with Gasteiger partial charge in [0, 0.05) is 25.9 Å². The zero-order valence-electron chi connectivity index (χ0n) is 17.5. The molecule has 1 aromatic carbocycles. The maximum atomic E-state index is 12.6. The first-order valence-corrected chi connectivity index (χ1v) is 10.3. The number of benzene rings is 1.